The van der Waals surface area contributed by atoms with E-state index in [1.54, 1.807) is 53.0 Å². The summed E-state index contributed by atoms with van der Waals surface area (Å²) >= 11 is 0. The van der Waals surface area contributed by atoms with Gasteiger partial charge in [-0.3, -0.25) is 28.4 Å². The number of hydrogen-bond acceptors (Lipinski definition) is 13. The van der Waals surface area contributed by atoms with Crippen LogP contribution in [0.2, 0.25) is 0 Å². The molecule has 22 heteroatoms. The van der Waals surface area contributed by atoms with Crippen molar-refractivity contribution in [3.63, 3.8) is 0 Å². The number of carbonyl (C=O) groups excluding carboxylic acids is 3. The van der Waals surface area contributed by atoms with Crippen LogP contribution in [-0.4, -0.2) is 154 Å². The highest BCUT2D eigenvalue weighted by molar-refractivity contribution is 5.95. The van der Waals surface area contributed by atoms with Gasteiger partial charge in [0.05, 0.1) is 81.1 Å². The van der Waals surface area contributed by atoms with E-state index in [-0.39, 0.29) is 72.6 Å². The number of hydrogen-bond donors (Lipinski definition) is 5. The number of nitrogens with zero attached hydrogens (tertiary/aromatic N) is 7. The summed E-state index contributed by atoms with van der Waals surface area (Å²) < 4.78 is 62.9. The molecule has 5 N–H and O–H groups in total. The number of aryl methyl sites for hydroxylation is 1. The van der Waals surface area contributed by atoms with E-state index < -0.39 is 18.3 Å². The number of ether oxygens (including phenoxy) is 3. The molecule has 19 nitrogen and oxygen atoms in total. The monoisotopic (exact) mass is 1170 g/mol. The minimum absolute atomic E-state index is 0.0392. The van der Waals surface area contributed by atoms with Gasteiger partial charge in [-0.1, -0.05) is 73.5 Å². The third-order valence-electron chi connectivity index (χ3n) is 15.8. The van der Waals surface area contributed by atoms with E-state index in [4.69, 9.17) is 14.2 Å². The third kappa shape index (κ3) is 16.0. The van der Waals surface area contributed by atoms with Crippen molar-refractivity contribution in [3.8, 4) is 28.8 Å². The number of piperidine rings is 2. The number of carbonyl (C=O) groups is 3. The number of halogens is 3. The quantitative estimate of drug-likeness (QED) is 0.0297. The third-order valence-corrected chi connectivity index (χ3v) is 15.8. The molecule has 0 unspecified atom stereocenters. The van der Waals surface area contributed by atoms with Crippen LogP contribution in [0.1, 0.15) is 78.5 Å². The highest BCUT2D eigenvalue weighted by atomic mass is 19.4. The summed E-state index contributed by atoms with van der Waals surface area (Å²) in [6.07, 6.45) is -0.0839. The van der Waals surface area contributed by atoms with Gasteiger partial charge in [0, 0.05) is 94.4 Å². The average molecular weight is 1170 g/mol. The van der Waals surface area contributed by atoms with E-state index in [1.165, 1.54) is 29.6 Å². The topological polar surface area (TPSA) is 211 Å². The molecule has 0 spiro atoms. The Kier molecular flexibility index (Phi) is 20.3. The first-order valence-electron chi connectivity index (χ1n) is 28.8. The molecule has 3 amide bonds. The maximum atomic E-state index is 13.9. The Labute approximate surface area is 491 Å². The first-order valence-corrected chi connectivity index (χ1v) is 28.8. The molecule has 2 aliphatic rings. The number of aliphatic hydroxyl groups is 1. The lowest BCUT2D eigenvalue weighted by Crippen LogP contribution is -2.49. The van der Waals surface area contributed by atoms with Crippen molar-refractivity contribution in [2.45, 2.75) is 88.8 Å². The second-order valence-electron chi connectivity index (χ2n) is 21.8. The molecule has 450 valence electrons. The SMILES string of the molecule is CNC(=O)c1ccc(NCC#Cc2cc3c(NC4CCN(CCOCCOCCC(=O)NCc5ccc(-c6c7ncn(CC8(O)CCN(C(=O)C[C@@H](C)c9ccccc9)CC8)c(=O)c7nn6C)cc5)CC4)cccc3n2CC(F)(F)F)c(OC)c1. The van der Waals surface area contributed by atoms with Gasteiger partial charge in [0.1, 0.15) is 17.8 Å². The molecule has 7 aromatic rings. The average Bonchev–Trinajstić information content (AvgIpc) is 2.05. The summed E-state index contributed by atoms with van der Waals surface area (Å²) in [7, 11) is 4.77. The highest BCUT2D eigenvalue weighted by Gasteiger charge is 2.36. The van der Waals surface area contributed by atoms with Crippen molar-refractivity contribution in [2.24, 2.45) is 7.05 Å². The lowest BCUT2D eigenvalue weighted by molar-refractivity contribution is -0.140. The van der Waals surface area contributed by atoms with E-state index in [2.05, 4.69) is 48.1 Å². The lowest BCUT2D eigenvalue weighted by atomic mass is 9.90. The van der Waals surface area contributed by atoms with Crippen LogP contribution in [0.3, 0.4) is 0 Å². The molecule has 0 bridgehead atoms. The summed E-state index contributed by atoms with van der Waals surface area (Å²) in [5.41, 5.74) is 4.98. The van der Waals surface area contributed by atoms with Gasteiger partial charge in [-0.2, -0.15) is 18.3 Å². The number of alkyl halides is 3. The number of rotatable bonds is 24. The fourth-order valence-corrected chi connectivity index (χ4v) is 11.0. The summed E-state index contributed by atoms with van der Waals surface area (Å²) in [5.74, 6) is 6.04. The molecular formula is C63H74F3N11O8. The van der Waals surface area contributed by atoms with Crippen LogP contribution in [0.5, 0.6) is 5.75 Å². The Morgan fingerprint density at radius 3 is 2.34 bits per heavy atom. The van der Waals surface area contributed by atoms with Crippen LogP contribution in [0.4, 0.5) is 24.5 Å². The zero-order valence-electron chi connectivity index (χ0n) is 48.5. The van der Waals surface area contributed by atoms with Gasteiger partial charge in [0.15, 0.2) is 5.52 Å². The van der Waals surface area contributed by atoms with Crippen LogP contribution in [0, 0.1) is 11.8 Å². The fraction of sp³-hybridized carbons (Fsp3) is 0.429. The van der Waals surface area contributed by atoms with Crippen LogP contribution in [-0.2, 0) is 45.7 Å². The molecule has 0 radical (unpaired) electrons. The Balaban J connectivity index is 0.654. The summed E-state index contributed by atoms with van der Waals surface area (Å²) in [4.78, 5) is 60.4. The minimum Gasteiger partial charge on any atom is -0.495 e. The summed E-state index contributed by atoms with van der Waals surface area (Å²) in [6.45, 7) is 6.01. The van der Waals surface area contributed by atoms with Crippen molar-refractivity contribution >= 4 is 51.0 Å². The molecule has 2 fully saturated rings. The van der Waals surface area contributed by atoms with Gasteiger partial charge in [-0.25, -0.2) is 4.98 Å². The molecule has 1 atom stereocenters. The molecule has 5 heterocycles. The van der Waals surface area contributed by atoms with Crippen molar-refractivity contribution in [3.05, 3.63) is 136 Å². The highest BCUT2D eigenvalue weighted by Crippen LogP contribution is 2.33. The Morgan fingerprint density at radius 2 is 1.62 bits per heavy atom. The maximum absolute atomic E-state index is 13.9. The molecule has 85 heavy (non-hydrogen) atoms. The van der Waals surface area contributed by atoms with Crippen LogP contribution < -0.4 is 31.6 Å². The molecular weight excluding hydrogens is 1100 g/mol. The number of methoxy groups -OCH3 is 1. The van der Waals surface area contributed by atoms with Gasteiger partial charge in [0.25, 0.3) is 11.5 Å². The van der Waals surface area contributed by atoms with Gasteiger partial charge < -0.3 is 55.0 Å². The Morgan fingerprint density at radius 1 is 0.882 bits per heavy atom. The number of nitrogens with one attached hydrogen (secondary N) is 4. The predicted molar refractivity (Wildman–Crippen MR) is 319 cm³/mol. The van der Waals surface area contributed by atoms with E-state index in [9.17, 15) is 37.5 Å². The van der Waals surface area contributed by atoms with E-state index in [0.717, 1.165) is 54.9 Å². The van der Waals surface area contributed by atoms with Crippen LogP contribution >= 0.6 is 0 Å². The van der Waals surface area contributed by atoms with Crippen LogP contribution in [0.15, 0.2) is 108 Å². The molecule has 2 aliphatic heterocycles. The Bertz CT molecular complexity index is 3560. The van der Waals surface area contributed by atoms with E-state index in [1.807, 2.05) is 67.6 Å². The molecule has 0 aliphatic carbocycles. The zero-order chi connectivity index (χ0) is 60.1. The molecule has 3 aromatic heterocycles. The minimum atomic E-state index is -4.46. The molecule has 2 saturated heterocycles. The molecule has 9 rings (SSSR count). The molecule has 4 aromatic carbocycles. The van der Waals surface area contributed by atoms with Crippen LogP contribution in [0.25, 0.3) is 33.2 Å². The van der Waals surface area contributed by atoms with Crippen molar-refractivity contribution in [2.75, 3.05) is 90.5 Å². The normalized spacial score (nSPS) is 15.1. The number of amides is 3. The maximum Gasteiger partial charge on any atom is 0.406 e. The Hall–Kier alpha value is -8.23. The summed E-state index contributed by atoms with van der Waals surface area (Å²) in [5, 5.41) is 29.0. The van der Waals surface area contributed by atoms with Crippen molar-refractivity contribution in [1.29, 1.82) is 0 Å². The van der Waals surface area contributed by atoms with Gasteiger partial charge in [0.2, 0.25) is 11.8 Å². The van der Waals surface area contributed by atoms with E-state index in [0.29, 0.717) is 97.8 Å². The smallest absolute Gasteiger partial charge is 0.406 e. The van der Waals surface area contributed by atoms with Gasteiger partial charge in [-0.15, -0.1) is 0 Å². The second kappa shape index (κ2) is 28.1. The number of benzene rings is 4. The molecule has 0 saturated carbocycles. The largest absolute Gasteiger partial charge is 0.495 e. The number of anilines is 2. The van der Waals surface area contributed by atoms with Crippen molar-refractivity contribution < 1.29 is 46.9 Å². The van der Waals surface area contributed by atoms with Crippen molar-refractivity contribution in [1.82, 2.24) is 44.3 Å². The van der Waals surface area contributed by atoms with Gasteiger partial charge >= 0.3 is 6.18 Å². The summed E-state index contributed by atoms with van der Waals surface area (Å²) in [6, 6.07) is 29.6. The number of likely N-dealkylation sites (tertiary alicyclic amines) is 2. The fourth-order valence-electron chi connectivity index (χ4n) is 11.0. The predicted octanol–water partition coefficient (Wildman–Crippen LogP) is 7.31. The first kappa shape index (κ1) is 61.3. The standard InChI is InChI=1S/C63H74F3N11O8/c1-43(45-10-6-5-7-11-45)36-56(79)75-29-24-62(82,25-30-75)40-76-42-70-57-58(61(76)81)72-73(3)59(57)46-17-15-44(16-18-46)39-69-55(78)23-32-84-34-35-85-33-31-74-27-21-48(22-28-74)71-51-13-8-14-53-50(51)38-49(77(53)41-63(64,65)66)12-9-26-68-52-20-19-47(60(80)67-2)37-54(52)83-4/h5-8,10-11,13-20,37-38,42-43,48,68,71,82H,21-36,39-41H2,1-4H3,(H,67,80)(H,69,78)/t43-/m1/s1. The van der Waals surface area contributed by atoms with E-state index >= 15 is 0 Å². The number of aromatic nitrogens is 5. The lowest BCUT2D eigenvalue weighted by Gasteiger charge is -2.38. The van der Waals surface area contributed by atoms with Gasteiger partial charge in [-0.05, 0) is 85.0 Å². The number of fused-ring (bicyclic) bond motifs is 2. The first-order chi connectivity index (χ1) is 41.0. The zero-order valence-corrected chi connectivity index (χ0v) is 48.5. The second-order valence-corrected chi connectivity index (χ2v) is 21.8.